The zero-order chi connectivity index (χ0) is 48.6. The van der Waals surface area contributed by atoms with E-state index in [0.29, 0.717) is 41.4 Å². The normalized spacial score (nSPS) is 21.8. The van der Waals surface area contributed by atoms with Crippen LogP contribution in [0.1, 0.15) is 67.6 Å². The van der Waals surface area contributed by atoms with Crippen molar-refractivity contribution in [3.05, 3.63) is 179 Å². The second-order valence-electron chi connectivity index (χ2n) is 18.3. The van der Waals surface area contributed by atoms with Gasteiger partial charge in [0.15, 0.2) is 0 Å². The molecule has 1 amide bonds. The fourth-order valence-corrected chi connectivity index (χ4v) is 11.0. The van der Waals surface area contributed by atoms with Crippen LogP contribution in [0.2, 0.25) is 0 Å². The summed E-state index contributed by atoms with van der Waals surface area (Å²) in [5.74, 6) is -0.527. The predicted octanol–water partition coefficient (Wildman–Crippen LogP) is 11.8. The highest BCUT2D eigenvalue weighted by molar-refractivity contribution is 6.03. The van der Waals surface area contributed by atoms with Gasteiger partial charge in [0.2, 0.25) is 5.79 Å². The Hall–Kier alpha value is -7.06. The Morgan fingerprint density at radius 1 is 0.871 bits per heavy atom. The van der Waals surface area contributed by atoms with Crippen LogP contribution >= 0.6 is 0 Å². The number of aliphatic hydroxyl groups is 2. The van der Waals surface area contributed by atoms with Gasteiger partial charge < -0.3 is 34.0 Å². The fraction of sp³-hybridized carbons (Fsp3) is 0.333. The topological polar surface area (TPSA) is 162 Å². The standard InChI is InChI=1S/C57H59N3O10/c1-3-31-67-57-53(59(56(63)66-2)36-43-18-12-17-40-14-6-7-19-47(40)43)35-51(58-68-37-38-21-24-44(25-22-38)60(64)65)49-33-42(16-8-10-29-61)48(20-9-11-30-62)54(55(49)57)50-34-46(27-28-52(50)70-57)69-45-26-23-39-13-4-5-15-41(39)32-45/h3-7,12-15,17-19,21-28,32-34,42,48,53-55,61-62H,1,8-11,16,20,29-31,35-37H2,2H3/t42-,48+,53-,54+,55+,57+/m0/s1. The lowest BCUT2D eigenvalue weighted by molar-refractivity contribution is -0.384. The van der Waals surface area contributed by atoms with Crippen LogP contribution in [0.25, 0.3) is 21.5 Å². The van der Waals surface area contributed by atoms with Crippen molar-refractivity contribution in [3.8, 4) is 17.2 Å². The Bertz CT molecular complexity index is 2900. The van der Waals surface area contributed by atoms with Crippen LogP contribution in [0.3, 0.4) is 0 Å². The first kappa shape index (κ1) is 48.0. The molecule has 3 aliphatic rings. The third kappa shape index (κ3) is 9.87. The number of amides is 1. The number of allylic oxidation sites excluding steroid dienone is 1. The van der Waals surface area contributed by atoms with Gasteiger partial charge in [0.1, 0.15) is 29.9 Å². The summed E-state index contributed by atoms with van der Waals surface area (Å²) in [5, 5.41) is 40.7. The molecule has 1 saturated carbocycles. The van der Waals surface area contributed by atoms with E-state index in [1.807, 2.05) is 84.9 Å². The minimum absolute atomic E-state index is 0.00146. The summed E-state index contributed by atoms with van der Waals surface area (Å²) in [5.41, 5.74) is 3.93. The molecular formula is C57H59N3O10. The Morgan fingerprint density at radius 2 is 1.59 bits per heavy atom. The second kappa shape index (κ2) is 21.7. The number of nitro benzene ring substituents is 1. The summed E-state index contributed by atoms with van der Waals surface area (Å²) >= 11 is 0. The highest BCUT2D eigenvalue weighted by atomic mass is 16.7. The molecule has 70 heavy (non-hydrogen) atoms. The minimum Gasteiger partial charge on any atom is -0.459 e. The molecule has 1 fully saturated rings. The van der Waals surface area contributed by atoms with E-state index in [4.69, 9.17) is 28.9 Å². The number of oxime groups is 1. The Balaban J connectivity index is 1.23. The summed E-state index contributed by atoms with van der Waals surface area (Å²) in [6.07, 6.45) is 7.85. The third-order valence-electron chi connectivity index (χ3n) is 14.2. The van der Waals surface area contributed by atoms with E-state index in [9.17, 15) is 25.1 Å². The highest BCUT2D eigenvalue weighted by Crippen LogP contribution is 2.62. The molecule has 362 valence electrons. The number of fused-ring (bicyclic) bond motifs is 4. The number of nitrogens with zero attached hydrogens (tertiary/aromatic N) is 3. The van der Waals surface area contributed by atoms with Crippen molar-refractivity contribution in [3.63, 3.8) is 0 Å². The minimum atomic E-state index is -1.53. The molecule has 0 aromatic heterocycles. The van der Waals surface area contributed by atoms with Gasteiger partial charge in [-0.2, -0.15) is 0 Å². The van der Waals surface area contributed by atoms with E-state index in [1.165, 1.54) is 19.2 Å². The van der Waals surface area contributed by atoms with Crippen molar-refractivity contribution in [2.75, 3.05) is 26.9 Å². The number of carbonyl (C=O) groups excluding carboxylic acids is 1. The molecule has 0 saturated heterocycles. The number of carbonyl (C=O) groups is 1. The van der Waals surface area contributed by atoms with Gasteiger partial charge in [0, 0.05) is 43.2 Å². The lowest BCUT2D eigenvalue weighted by Crippen LogP contribution is -2.70. The maximum Gasteiger partial charge on any atom is 0.410 e. The van der Waals surface area contributed by atoms with Crippen molar-refractivity contribution in [2.24, 2.45) is 22.9 Å². The summed E-state index contributed by atoms with van der Waals surface area (Å²) < 4.78 is 27.0. The van der Waals surface area contributed by atoms with E-state index in [0.717, 1.165) is 63.9 Å². The van der Waals surface area contributed by atoms with Gasteiger partial charge in [-0.15, -0.1) is 6.58 Å². The van der Waals surface area contributed by atoms with Gasteiger partial charge in [-0.3, -0.25) is 15.0 Å². The van der Waals surface area contributed by atoms with Gasteiger partial charge in [-0.05, 0) is 118 Å². The van der Waals surface area contributed by atoms with E-state index in [1.54, 1.807) is 23.1 Å². The van der Waals surface area contributed by atoms with Gasteiger partial charge in [-0.25, -0.2) is 4.79 Å². The molecule has 2 N–H and O–H groups in total. The van der Waals surface area contributed by atoms with Crippen LogP contribution in [0.5, 0.6) is 17.2 Å². The molecule has 6 aromatic carbocycles. The molecule has 0 unspecified atom stereocenters. The van der Waals surface area contributed by atoms with Gasteiger partial charge >= 0.3 is 6.09 Å². The van der Waals surface area contributed by atoms with Gasteiger partial charge in [0.05, 0.1) is 36.8 Å². The number of ether oxygens (including phenoxy) is 4. The molecule has 1 heterocycles. The van der Waals surface area contributed by atoms with Gasteiger partial charge in [-0.1, -0.05) is 103 Å². The first-order valence-corrected chi connectivity index (χ1v) is 24.2. The number of hydrogen-bond donors (Lipinski definition) is 2. The van der Waals surface area contributed by atoms with Crippen LogP contribution in [0.4, 0.5) is 10.5 Å². The Kier molecular flexibility index (Phi) is 14.9. The molecule has 0 spiro atoms. The maximum absolute atomic E-state index is 14.6. The first-order chi connectivity index (χ1) is 34.2. The van der Waals surface area contributed by atoms with Crippen LogP contribution in [-0.4, -0.2) is 70.6 Å². The number of nitro groups is 1. The molecule has 6 atom stereocenters. The van der Waals surface area contributed by atoms with Gasteiger partial charge in [0.25, 0.3) is 5.69 Å². The molecule has 13 heteroatoms. The van der Waals surface area contributed by atoms with E-state index < -0.39 is 28.8 Å². The molecule has 13 nitrogen and oxygen atoms in total. The Labute approximate surface area is 407 Å². The molecule has 9 rings (SSSR count). The number of rotatable bonds is 20. The average molecular weight is 946 g/mol. The molecule has 0 radical (unpaired) electrons. The van der Waals surface area contributed by atoms with Crippen LogP contribution in [-0.2, 0) is 27.5 Å². The number of benzene rings is 6. The van der Waals surface area contributed by atoms with E-state index in [2.05, 4.69) is 30.9 Å². The van der Waals surface area contributed by atoms with Crippen LogP contribution in [0, 0.1) is 27.9 Å². The quantitative estimate of drug-likeness (QED) is 0.0326. The Morgan fingerprint density at radius 3 is 2.34 bits per heavy atom. The lowest BCUT2D eigenvalue weighted by Gasteiger charge is -2.59. The summed E-state index contributed by atoms with van der Waals surface area (Å²) in [6.45, 7) is 4.45. The number of non-ortho nitro benzene ring substituents is 1. The van der Waals surface area contributed by atoms with Crippen molar-refractivity contribution < 1.29 is 43.7 Å². The van der Waals surface area contributed by atoms with Crippen LogP contribution in [0.15, 0.2) is 157 Å². The smallest absolute Gasteiger partial charge is 0.410 e. The molecular weight excluding hydrogens is 887 g/mol. The summed E-state index contributed by atoms with van der Waals surface area (Å²) in [7, 11) is 1.37. The number of hydrogen-bond acceptors (Lipinski definition) is 11. The van der Waals surface area contributed by atoms with Crippen molar-refractivity contribution in [1.29, 1.82) is 0 Å². The number of aliphatic hydroxyl groups excluding tert-OH is 2. The zero-order valence-electron chi connectivity index (χ0n) is 39.4. The van der Waals surface area contributed by atoms with Crippen LogP contribution < -0.4 is 9.47 Å². The molecule has 0 bridgehead atoms. The number of methoxy groups -OCH3 is 1. The first-order valence-electron chi connectivity index (χ1n) is 24.2. The van der Waals surface area contributed by atoms with E-state index in [-0.39, 0.29) is 62.8 Å². The summed E-state index contributed by atoms with van der Waals surface area (Å²) in [4.78, 5) is 33.6. The lowest BCUT2D eigenvalue weighted by atomic mass is 9.55. The molecule has 2 aliphatic carbocycles. The van der Waals surface area contributed by atoms with Crippen molar-refractivity contribution in [2.45, 2.75) is 75.8 Å². The maximum atomic E-state index is 14.6. The zero-order valence-corrected chi connectivity index (χ0v) is 39.4. The summed E-state index contributed by atoms with van der Waals surface area (Å²) in [6, 6.07) is 39.5. The monoisotopic (exact) mass is 945 g/mol. The fourth-order valence-electron chi connectivity index (χ4n) is 11.0. The number of unbranched alkanes of at least 4 members (excludes halogenated alkanes) is 2. The van der Waals surface area contributed by atoms with Crippen molar-refractivity contribution >= 4 is 39.0 Å². The largest absolute Gasteiger partial charge is 0.459 e. The second-order valence-corrected chi connectivity index (χ2v) is 18.3. The molecule has 1 aliphatic heterocycles. The SMILES string of the molecule is C=CCO[C@@]12Oc3ccc(Oc4ccc5ccccc5c4)cc3[C@H]3[C@H](CCCCO)[C@@H](CCCCO)C=C(C(=NOCc4ccc([N+](=O)[O-])cc4)C[C@@H]1N(Cc1cccc4ccccc14)C(=O)OC)[C@H]32. The predicted molar refractivity (Wildman–Crippen MR) is 269 cm³/mol. The average Bonchev–Trinajstić information content (AvgIpc) is 3.38. The third-order valence-corrected chi connectivity index (χ3v) is 14.2. The highest BCUT2D eigenvalue weighted by Gasteiger charge is 2.65. The van der Waals surface area contributed by atoms with Crippen molar-refractivity contribution in [1.82, 2.24) is 4.90 Å². The molecule has 6 aromatic rings. The van der Waals surface area contributed by atoms with E-state index >= 15 is 0 Å².